The summed E-state index contributed by atoms with van der Waals surface area (Å²) in [5.41, 5.74) is 0.442. The van der Waals surface area contributed by atoms with Crippen LogP contribution in [-0.2, 0) is 9.53 Å². The molecular formula is C17H23NO6. The number of rotatable bonds is 8. The van der Waals surface area contributed by atoms with E-state index in [1.807, 2.05) is 0 Å². The van der Waals surface area contributed by atoms with Gasteiger partial charge in [-0.25, -0.2) is 4.79 Å². The molecule has 0 saturated carbocycles. The number of hydrogen-bond donors (Lipinski definition) is 2. The second kappa shape index (κ2) is 9.12. The fourth-order valence-corrected chi connectivity index (χ4v) is 2.48. The van der Waals surface area contributed by atoms with Gasteiger partial charge in [-0.2, -0.15) is 0 Å². The summed E-state index contributed by atoms with van der Waals surface area (Å²) in [5.74, 6) is -0.281. The molecule has 1 unspecified atom stereocenters. The monoisotopic (exact) mass is 337 g/mol. The van der Waals surface area contributed by atoms with Crippen molar-refractivity contribution in [2.24, 2.45) is 5.92 Å². The van der Waals surface area contributed by atoms with Gasteiger partial charge in [-0.05, 0) is 43.9 Å². The lowest BCUT2D eigenvalue weighted by Gasteiger charge is -2.22. The zero-order valence-corrected chi connectivity index (χ0v) is 13.7. The highest BCUT2D eigenvalue weighted by Gasteiger charge is 2.17. The topological polar surface area (TPSA) is 94.1 Å². The van der Waals surface area contributed by atoms with Crippen LogP contribution in [0.5, 0.6) is 11.5 Å². The van der Waals surface area contributed by atoms with Gasteiger partial charge < -0.3 is 24.6 Å². The van der Waals surface area contributed by atoms with E-state index in [9.17, 15) is 9.59 Å². The van der Waals surface area contributed by atoms with Gasteiger partial charge in [0.2, 0.25) is 0 Å². The summed E-state index contributed by atoms with van der Waals surface area (Å²) in [5, 5.41) is 11.6. The van der Waals surface area contributed by atoms with Gasteiger partial charge >= 0.3 is 5.97 Å². The minimum Gasteiger partial charge on any atom is -0.490 e. The van der Waals surface area contributed by atoms with Crippen LogP contribution in [0.15, 0.2) is 18.2 Å². The summed E-state index contributed by atoms with van der Waals surface area (Å²) < 4.78 is 16.0. The SMILES string of the molecule is CCOc1cc(C(=O)NCC2CCCOC2)ccc1OCC(=O)O. The Kier molecular flexibility index (Phi) is 6.87. The first-order valence-electron chi connectivity index (χ1n) is 8.07. The van der Waals surface area contributed by atoms with Gasteiger partial charge in [0.1, 0.15) is 0 Å². The molecule has 1 atom stereocenters. The van der Waals surface area contributed by atoms with Crippen LogP contribution in [0, 0.1) is 5.92 Å². The standard InChI is InChI=1S/C17H23NO6/c1-2-23-15-8-13(5-6-14(15)24-11-16(19)20)17(21)18-9-12-4-3-7-22-10-12/h5-6,8,12H,2-4,7,9-11H2,1H3,(H,18,21)(H,19,20). The molecule has 24 heavy (non-hydrogen) atoms. The van der Waals surface area contributed by atoms with Gasteiger partial charge in [-0.3, -0.25) is 4.79 Å². The number of nitrogens with one attached hydrogen (secondary N) is 1. The zero-order valence-electron chi connectivity index (χ0n) is 13.7. The highest BCUT2D eigenvalue weighted by molar-refractivity contribution is 5.94. The van der Waals surface area contributed by atoms with Gasteiger partial charge in [0.15, 0.2) is 18.1 Å². The molecule has 2 rings (SSSR count). The number of ether oxygens (including phenoxy) is 3. The van der Waals surface area contributed by atoms with Crippen LogP contribution >= 0.6 is 0 Å². The number of carboxylic acids is 1. The third-order valence-electron chi connectivity index (χ3n) is 3.66. The molecule has 0 aliphatic carbocycles. The van der Waals surface area contributed by atoms with Gasteiger partial charge in [-0.1, -0.05) is 0 Å². The fourth-order valence-electron chi connectivity index (χ4n) is 2.48. The van der Waals surface area contributed by atoms with E-state index in [1.54, 1.807) is 25.1 Å². The van der Waals surface area contributed by atoms with Gasteiger partial charge in [0.05, 0.1) is 13.2 Å². The Morgan fingerprint density at radius 1 is 1.33 bits per heavy atom. The predicted octanol–water partition coefficient (Wildman–Crippen LogP) is 1.71. The van der Waals surface area contributed by atoms with Crippen molar-refractivity contribution < 1.29 is 28.9 Å². The number of aliphatic carboxylic acids is 1. The third-order valence-corrected chi connectivity index (χ3v) is 3.66. The molecule has 7 nitrogen and oxygen atoms in total. The normalized spacial score (nSPS) is 17.1. The minimum absolute atomic E-state index is 0.202. The molecule has 1 aromatic carbocycles. The van der Waals surface area contributed by atoms with E-state index in [4.69, 9.17) is 19.3 Å². The van der Waals surface area contributed by atoms with E-state index in [0.29, 0.717) is 42.7 Å². The number of hydrogen-bond acceptors (Lipinski definition) is 5. The smallest absolute Gasteiger partial charge is 0.341 e. The average Bonchev–Trinajstić information content (AvgIpc) is 2.59. The van der Waals surface area contributed by atoms with Crippen LogP contribution in [0.25, 0.3) is 0 Å². The zero-order chi connectivity index (χ0) is 17.4. The first kappa shape index (κ1) is 18.1. The molecule has 1 aliphatic rings. The van der Waals surface area contributed by atoms with Crippen molar-refractivity contribution in [3.63, 3.8) is 0 Å². The molecule has 1 aromatic rings. The molecule has 0 spiro atoms. The van der Waals surface area contributed by atoms with Crippen LogP contribution < -0.4 is 14.8 Å². The van der Waals surface area contributed by atoms with E-state index in [-0.39, 0.29) is 5.91 Å². The minimum atomic E-state index is -1.08. The lowest BCUT2D eigenvalue weighted by Crippen LogP contribution is -2.33. The van der Waals surface area contributed by atoms with E-state index < -0.39 is 12.6 Å². The Morgan fingerprint density at radius 3 is 2.83 bits per heavy atom. The molecule has 7 heteroatoms. The van der Waals surface area contributed by atoms with Crippen molar-refractivity contribution >= 4 is 11.9 Å². The van der Waals surface area contributed by atoms with Crippen molar-refractivity contribution in [2.45, 2.75) is 19.8 Å². The Labute approximate surface area is 140 Å². The highest BCUT2D eigenvalue weighted by atomic mass is 16.5. The number of amides is 1. The second-order valence-corrected chi connectivity index (χ2v) is 5.57. The van der Waals surface area contributed by atoms with Crippen molar-refractivity contribution in [1.82, 2.24) is 5.32 Å². The van der Waals surface area contributed by atoms with Crippen molar-refractivity contribution in [1.29, 1.82) is 0 Å². The lowest BCUT2D eigenvalue weighted by atomic mass is 10.0. The third kappa shape index (κ3) is 5.42. The average molecular weight is 337 g/mol. The maximum Gasteiger partial charge on any atom is 0.341 e. The molecule has 1 saturated heterocycles. The van der Waals surface area contributed by atoms with Crippen LogP contribution in [0.4, 0.5) is 0 Å². The number of carbonyl (C=O) groups excluding carboxylic acids is 1. The molecule has 1 aliphatic heterocycles. The number of carbonyl (C=O) groups is 2. The molecule has 1 fully saturated rings. The van der Waals surface area contributed by atoms with Crippen LogP contribution in [-0.4, -0.2) is 50.0 Å². The fraction of sp³-hybridized carbons (Fsp3) is 0.529. The summed E-state index contributed by atoms with van der Waals surface area (Å²) in [4.78, 5) is 22.9. The van der Waals surface area contributed by atoms with Crippen LogP contribution in [0.2, 0.25) is 0 Å². The summed E-state index contributed by atoms with van der Waals surface area (Å²) >= 11 is 0. The highest BCUT2D eigenvalue weighted by Crippen LogP contribution is 2.28. The predicted molar refractivity (Wildman–Crippen MR) is 86.6 cm³/mol. The van der Waals surface area contributed by atoms with Crippen molar-refractivity contribution in [2.75, 3.05) is 33.0 Å². The van der Waals surface area contributed by atoms with E-state index in [2.05, 4.69) is 5.32 Å². The second-order valence-electron chi connectivity index (χ2n) is 5.57. The number of benzene rings is 1. The Morgan fingerprint density at radius 2 is 2.17 bits per heavy atom. The summed E-state index contributed by atoms with van der Waals surface area (Å²) in [6, 6.07) is 4.70. The quantitative estimate of drug-likeness (QED) is 0.750. The molecule has 1 heterocycles. The summed E-state index contributed by atoms with van der Waals surface area (Å²) in [6.07, 6.45) is 2.07. The van der Waals surface area contributed by atoms with E-state index in [0.717, 1.165) is 19.4 Å². The van der Waals surface area contributed by atoms with Crippen LogP contribution in [0.3, 0.4) is 0 Å². The molecule has 1 amide bonds. The van der Waals surface area contributed by atoms with E-state index in [1.165, 1.54) is 0 Å². The molecule has 2 N–H and O–H groups in total. The van der Waals surface area contributed by atoms with Gasteiger partial charge in [-0.15, -0.1) is 0 Å². The first-order chi connectivity index (χ1) is 11.6. The van der Waals surface area contributed by atoms with Gasteiger partial charge in [0, 0.05) is 18.7 Å². The van der Waals surface area contributed by atoms with Crippen LogP contribution in [0.1, 0.15) is 30.1 Å². The lowest BCUT2D eigenvalue weighted by molar-refractivity contribution is -0.139. The molecule has 0 bridgehead atoms. The maximum atomic E-state index is 12.3. The van der Waals surface area contributed by atoms with Crippen molar-refractivity contribution in [3.8, 4) is 11.5 Å². The summed E-state index contributed by atoms with van der Waals surface area (Å²) in [6.45, 7) is 3.75. The van der Waals surface area contributed by atoms with E-state index >= 15 is 0 Å². The Bertz CT molecular complexity index is 568. The first-order valence-corrected chi connectivity index (χ1v) is 8.07. The Hall–Kier alpha value is -2.28. The number of carboxylic acid groups (broad SMARTS) is 1. The maximum absolute atomic E-state index is 12.3. The van der Waals surface area contributed by atoms with Crippen molar-refractivity contribution in [3.05, 3.63) is 23.8 Å². The summed E-state index contributed by atoms with van der Waals surface area (Å²) in [7, 11) is 0. The van der Waals surface area contributed by atoms with Gasteiger partial charge in [0.25, 0.3) is 5.91 Å². The molecule has 0 aromatic heterocycles. The molecular weight excluding hydrogens is 314 g/mol. The Balaban J connectivity index is 1.98. The molecule has 132 valence electrons. The largest absolute Gasteiger partial charge is 0.490 e. The molecule has 0 radical (unpaired) electrons.